The molecule has 3 heterocycles. The van der Waals surface area contributed by atoms with Crippen molar-refractivity contribution in [2.45, 2.75) is 6.92 Å². The molecule has 3 aromatic rings. The second kappa shape index (κ2) is 8.10. The molecule has 0 atom stereocenters. The van der Waals surface area contributed by atoms with Crippen LogP contribution in [-0.2, 0) is 10.0 Å². The van der Waals surface area contributed by atoms with Crippen LogP contribution in [0.4, 0.5) is 5.82 Å². The normalized spacial score (nSPS) is 15.8. The zero-order chi connectivity index (χ0) is 20.3. The fraction of sp³-hybridized carbons (Fsp3) is 0.263. The van der Waals surface area contributed by atoms with E-state index >= 15 is 0 Å². The SMILES string of the molecule is Cc1ccc(C=CS(=O)(=O)N2CCN(c3ccc(-n4cncn4)nn3)CC2)cc1. The molecule has 0 amide bonds. The van der Waals surface area contributed by atoms with Crippen molar-refractivity contribution in [2.75, 3.05) is 31.1 Å². The minimum Gasteiger partial charge on any atom is -0.352 e. The Hall–Kier alpha value is -3.11. The summed E-state index contributed by atoms with van der Waals surface area (Å²) in [5.41, 5.74) is 2.00. The van der Waals surface area contributed by atoms with E-state index in [9.17, 15) is 8.42 Å². The highest BCUT2D eigenvalue weighted by Crippen LogP contribution is 2.17. The van der Waals surface area contributed by atoms with Crippen molar-refractivity contribution < 1.29 is 8.42 Å². The van der Waals surface area contributed by atoms with Gasteiger partial charge in [0.15, 0.2) is 11.6 Å². The van der Waals surface area contributed by atoms with Crippen LogP contribution in [0.3, 0.4) is 0 Å². The van der Waals surface area contributed by atoms with Gasteiger partial charge in [0, 0.05) is 31.6 Å². The Morgan fingerprint density at radius 3 is 2.24 bits per heavy atom. The first-order chi connectivity index (χ1) is 14.0. The van der Waals surface area contributed by atoms with Crippen LogP contribution >= 0.6 is 0 Å². The highest BCUT2D eigenvalue weighted by molar-refractivity contribution is 7.92. The Kier molecular flexibility index (Phi) is 5.36. The van der Waals surface area contributed by atoms with Crippen LogP contribution in [0.2, 0.25) is 0 Å². The Balaban J connectivity index is 1.37. The highest BCUT2D eigenvalue weighted by atomic mass is 32.2. The molecule has 10 heteroatoms. The topological polar surface area (TPSA) is 97.1 Å². The van der Waals surface area contributed by atoms with Crippen molar-refractivity contribution in [1.82, 2.24) is 29.3 Å². The molecule has 1 fully saturated rings. The first-order valence-corrected chi connectivity index (χ1v) is 10.7. The molecule has 0 saturated carbocycles. The third-order valence-electron chi connectivity index (χ3n) is 4.72. The maximum atomic E-state index is 12.6. The molecular weight excluding hydrogens is 390 g/mol. The van der Waals surface area contributed by atoms with E-state index in [4.69, 9.17) is 0 Å². The van der Waals surface area contributed by atoms with Gasteiger partial charge in [0.05, 0.1) is 0 Å². The predicted octanol–water partition coefficient (Wildman–Crippen LogP) is 1.49. The highest BCUT2D eigenvalue weighted by Gasteiger charge is 2.25. The van der Waals surface area contributed by atoms with Crippen molar-refractivity contribution in [3.05, 3.63) is 65.6 Å². The van der Waals surface area contributed by atoms with Gasteiger partial charge in [-0.2, -0.15) is 9.40 Å². The maximum absolute atomic E-state index is 12.6. The smallest absolute Gasteiger partial charge is 0.236 e. The number of rotatable bonds is 5. The van der Waals surface area contributed by atoms with Crippen molar-refractivity contribution >= 4 is 21.9 Å². The molecule has 1 aliphatic heterocycles. The molecule has 0 bridgehead atoms. The van der Waals surface area contributed by atoms with Gasteiger partial charge in [-0.05, 0) is 30.7 Å². The Labute approximate surface area is 169 Å². The van der Waals surface area contributed by atoms with E-state index < -0.39 is 10.0 Å². The standard InChI is InChI=1S/C19H21N7O2S/c1-16-2-4-17(5-3-16)8-13-29(27,28)25-11-9-24(10-12-25)18-6-7-19(23-22-18)26-15-20-14-21-26/h2-8,13-15H,9-12H2,1H3. The van der Waals surface area contributed by atoms with Gasteiger partial charge in [0.2, 0.25) is 10.0 Å². The summed E-state index contributed by atoms with van der Waals surface area (Å²) in [7, 11) is -3.46. The minimum absolute atomic E-state index is 0.396. The van der Waals surface area contributed by atoms with Crippen molar-refractivity contribution in [3.63, 3.8) is 0 Å². The summed E-state index contributed by atoms with van der Waals surface area (Å²) in [4.78, 5) is 5.91. The monoisotopic (exact) mass is 411 g/mol. The number of piperazine rings is 1. The summed E-state index contributed by atoms with van der Waals surface area (Å²) < 4.78 is 28.3. The molecule has 9 nitrogen and oxygen atoms in total. The maximum Gasteiger partial charge on any atom is 0.236 e. The van der Waals surface area contributed by atoms with Crippen LogP contribution in [-0.4, -0.2) is 63.9 Å². The summed E-state index contributed by atoms with van der Waals surface area (Å²) in [5.74, 6) is 1.29. The van der Waals surface area contributed by atoms with Gasteiger partial charge < -0.3 is 4.90 Å². The van der Waals surface area contributed by atoms with Gasteiger partial charge >= 0.3 is 0 Å². The van der Waals surface area contributed by atoms with E-state index in [1.807, 2.05) is 48.2 Å². The second-order valence-corrected chi connectivity index (χ2v) is 8.55. The molecular formula is C19H21N7O2S. The Bertz CT molecular complexity index is 1070. The number of aromatic nitrogens is 5. The van der Waals surface area contributed by atoms with Gasteiger partial charge in [-0.1, -0.05) is 29.8 Å². The van der Waals surface area contributed by atoms with Gasteiger partial charge in [-0.3, -0.25) is 0 Å². The van der Waals surface area contributed by atoms with Crippen LogP contribution in [0.1, 0.15) is 11.1 Å². The number of nitrogens with zero attached hydrogens (tertiary/aromatic N) is 7. The molecule has 29 heavy (non-hydrogen) atoms. The second-order valence-electron chi connectivity index (χ2n) is 6.73. The number of benzene rings is 1. The first kappa shape index (κ1) is 19.2. The van der Waals surface area contributed by atoms with Gasteiger partial charge in [-0.25, -0.2) is 18.1 Å². The van der Waals surface area contributed by atoms with Gasteiger partial charge in [0.25, 0.3) is 0 Å². The first-order valence-electron chi connectivity index (χ1n) is 9.20. The third-order valence-corrected chi connectivity index (χ3v) is 6.29. The van der Waals surface area contributed by atoms with Crippen LogP contribution in [0.15, 0.2) is 54.5 Å². The lowest BCUT2D eigenvalue weighted by Crippen LogP contribution is -2.48. The third kappa shape index (κ3) is 4.49. The average molecular weight is 411 g/mol. The molecule has 0 spiro atoms. The van der Waals surface area contributed by atoms with Crippen LogP contribution in [0, 0.1) is 6.92 Å². The Morgan fingerprint density at radius 2 is 1.62 bits per heavy atom. The van der Waals surface area contributed by atoms with Crippen molar-refractivity contribution in [2.24, 2.45) is 0 Å². The summed E-state index contributed by atoms with van der Waals surface area (Å²) in [6.07, 6.45) is 4.62. The fourth-order valence-corrected chi connectivity index (χ4v) is 4.21. The molecule has 150 valence electrons. The molecule has 1 saturated heterocycles. The summed E-state index contributed by atoms with van der Waals surface area (Å²) in [5, 5.41) is 13.7. The van der Waals surface area contributed by atoms with Crippen LogP contribution < -0.4 is 4.90 Å². The number of hydrogen-bond acceptors (Lipinski definition) is 7. The van der Waals surface area contributed by atoms with E-state index in [-0.39, 0.29) is 0 Å². The molecule has 4 rings (SSSR count). The molecule has 0 aliphatic carbocycles. The molecule has 2 aromatic heterocycles. The van der Waals surface area contributed by atoms with Crippen LogP contribution in [0.5, 0.6) is 0 Å². The number of sulfonamides is 1. The lowest BCUT2D eigenvalue weighted by Gasteiger charge is -2.33. The van der Waals surface area contributed by atoms with E-state index in [0.29, 0.717) is 37.8 Å². The minimum atomic E-state index is -3.46. The van der Waals surface area contributed by atoms with Crippen LogP contribution in [0.25, 0.3) is 11.9 Å². The fourth-order valence-electron chi connectivity index (χ4n) is 3.04. The Morgan fingerprint density at radius 1 is 0.931 bits per heavy atom. The zero-order valence-corrected chi connectivity index (χ0v) is 16.8. The van der Waals surface area contributed by atoms with E-state index in [1.165, 1.54) is 20.7 Å². The number of anilines is 1. The molecule has 0 N–H and O–H groups in total. The molecule has 0 radical (unpaired) electrons. The lowest BCUT2D eigenvalue weighted by molar-refractivity contribution is 0.388. The van der Waals surface area contributed by atoms with Crippen molar-refractivity contribution in [3.8, 4) is 5.82 Å². The number of hydrogen-bond donors (Lipinski definition) is 0. The predicted molar refractivity (Wildman–Crippen MR) is 110 cm³/mol. The van der Waals surface area contributed by atoms with Crippen molar-refractivity contribution in [1.29, 1.82) is 0 Å². The average Bonchev–Trinajstić information content (AvgIpc) is 3.29. The quantitative estimate of drug-likeness (QED) is 0.627. The summed E-state index contributed by atoms with van der Waals surface area (Å²) in [6.45, 7) is 3.89. The summed E-state index contributed by atoms with van der Waals surface area (Å²) in [6, 6.07) is 11.4. The number of aryl methyl sites for hydroxylation is 1. The molecule has 1 aromatic carbocycles. The van der Waals surface area contributed by atoms with E-state index in [2.05, 4.69) is 20.3 Å². The lowest BCUT2D eigenvalue weighted by atomic mass is 10.2. The molecule has 0 unspecified atom stereocenters. The molecule has 1 aliphatic rings. The van der Waals surface area contributed by atoms with E-state index in [1.54, 1.807) is 12.4 Å². The van der Waals surface area contributed by atoms with E-state index in [0.717, 1.165) is 11.1 Å². The largest absolute Gasteiger partial charge is 0.352 e. The zero-order valence-electron chi connectivity index (χ0n) is 16.0. The summed E-state index contributed by atoms with van der Waals surface area (Å²) >= 11 is 0. The van der Waals surface area contributed by atoms with Gasteiger partial charge in [-0.15, -0.1) is 10.2 Å². The van der Waals surface area contributed by atoms with Gasteiger partial charge in [0.1, 0.15) is 12.7 Å².